The molecule has 1 aromatic rings. The molecule has 21 heavy (non-hydrogen) atoms. The minimum Gasteiger partial charge on any atom is -0.282 e. The van der Waals surface area contributed by atoms with Crippen molar-refractivity contribution in [2.75, 3.05) is 0 Å². The quantitative estimate of drug-likeness (QED) is 0.449. The summed E-state index contributed by atoms with van der Waals surface area (Å²) in [7, 11) is -4.20. The lowest BCUT2D eigenvalue weighted by Crippen LogP contribution is -2.11. The van der Waals surface area contributed by atoms with Crippen molar-refractivity contribution >= 4 is 10.1 Å². The maximum atomic E-state index is 11.7. The molecule has 0 saturated heterocycles. The fourth-order valence-corrected chi connectivity index (χ4v) is 3.37. The summed E-state index contributed by atoms with van der Waals surface area (Å²) >= 11 is 0. The van der Waals surface area contributed by atoms with Crippen LogP contribution in [0.15, 0.2) is 17.0 Å². The van der Waals surface area contributed by atoms with Crippen molar-refractivity contribution in [1.29, 1.82) is 0 Å². The number of hydrazine groups is 1. The van der Waals surface area contributed by atoms with Crippen LogP contribution in [-0.2, 0) is 10.1 Å². The van der Waals surface area contributed by atoms with Crippen LogP contribution in [0.2, 0.25) is 0 Å². The van der Waals surface area contributed by atoms with Crippen LogP contribution in [0.25, 0.3) is 0 Å². The van der Waals surface area contributed by atoms with Gasteiger partial charge in [-0.25, -0.2) is 0 Å². The first kappa shape index (κ1) is 20.1. The number of rotatable bonds is 4. The SMILES string of the molecule is CC(C)c1cc(C(C)C)c(S(=O)(=O)O)c(C(C)C)c1.NN. The molecule has 0 radical (unpaired) electrons. The molecule has 0 aliphatic carbocycles. The summed E-state index contributed by atoms with van der Waals surface area (Å²) in [6.45, 7) is 11.9. The predicted octanol–water partition coefficient (Wildman–Crippen LogP) is 3.12. The lowest BCUT2D eigenvalue weighted by Gasteiger charge is -2.20. The Kier molecular flexibility index (Phi) is 7.53. The van der Waals surface area contributed by atoms with E-state index in [4.69, 9.17) is 0 Å². The van der Waals surface area contributed by atoms with Gasteiger partial charge in [-0.1, -0.05) is 53.7 Å². The molecule has 0 spiro atoms. The topological polar surface area (TPSA) is 106 Å². The summed E-state index contributed by atoms with van der Waals surface area (Å²) in [5.41, 5.74) is 2.52. The number of benzene rings is 1. The van der Waals surface area contributed by atoms with Crippen LogP contribution >= 0.6 is 0 Å². The summed E-state index contributed by atoms with van der Waals surface area (Å²) in [6, 6.07) is 3.81. The van der Waals surface area contributed by atoms with Gasteiger partial charge in [-0.15, -0.1) is 0 Å². The second-order valence-electron chi connectivity index (χ2n) is 5.97. The highest BCUT2D eigenvalue weighted by Crippen LogP contribution is 2.34. The second-order valence-corrected chi connectivity index (χ2v) is 7.33. The first-order valence-electron chi connectivity index (χ1n) is 7.04. The van der Waals surface area contributed by atoms with E-state index in [9.17, 15) is 13.0 Å². The second kappa shape index (κ2) is 7.89. The molecule has 5 N–H and O–H groups in total. The van der Waals surface area contributed by atoms with Crippen molar-refractivity contribution in [1.82, 2.24) is 0 Å². The van der Waals surface area contributed by atoms with Crippen LogP contribution in [0, 0.1) is 0 Å². The molecule has 6 heteroatoms. The van der Waals surface area contributed by atoms with E-state index in [-0.39, 0.29) is 16.7 Å². The normalized spacial score (nSPS) is 11.8. The summed E-state index contributed by atoms with van der Waals surface area (Å²) in [6.07, 6.45) is 0. The first-order valence-corrected chi connectivity index (χ1v) is 8.48. The van der Waals surface area contributed by atoms with Crippen molar-refractivity contribution in [3.63, 3.8) is 0 Å². The third-order valence-corrected chi connectivity index (χ3v) is 4.32. The van der Waals surface area contributed by atoms with Gasteiger partial charge in [0.25, 0.3) is 10.1 Å². The molecule has 122 valence electrons. The van der Waals surface area contributed by atoms with Crippen molar-refractivity contribution in [3.05, 3.63) is 28.8 Å². The van der Waals surface area contributed by atoms with E-state index in [0.29, 0.717) is 17.0 Å². The Balaban J connectivity index is 0.00000191. The highest BCUT2D eigenvalue weighted by Gasteiger charge is 2.24. The van der Waals surface area contributed by atoms with Crippen LogP contribution in [0.1, 0.15) is 76.0 Å². The molecule has 1 rings (SSSR count). The maximum absolute atomic E-state index is 11.7. The van der Waals surface area contributed by atoms with Gasteiger partial charge >= 0.3 is 0 Å². The van der Waals surface area contributed by atoms with E-state index < -0.39 is 10.1 Å². The zero-order chi connectivity index (χ0) is 17.0. The van der Waals surface area contributed by atoms with Gasteiger partial charge in [0.15, 0.2) is 0 Å². The van der Waals surface area contributed by atoms with E-state index in [1.807, 2.05) is 39.8 Å². The molecule has 0 aliphatic heterocycles. The van der Waals surface area contributed by atoms with Crippen molar-refractivity contribution in [2.24, 2.45) is 11.7 Å². The molecule has 1 aromatic carbocycles. The molecule has 0 bridgehead atoms. The van der Waals surface area contributed by atoms with Gasteiger partial charge in [-0.3, -0.25) is 16.2 Å². The van der Waals surface area contributed by atoms with Gasteiger partial charge in [0.2, 0.25) is 0 Å². The smallest absolute Gasteiger partial charge is 0.282 e. The van der Waals surface area contributed by atoms with Crippen molar-refractivity contribution in [2.45, 2.75) is 64.2 Å². The Morgan fingerprint density at radius 3 is 1.38 bits per heavy atom. The van der Waals surface area contributed by atoms with Gasteiger partial charge < -0.3 is 0 Å². The van der Waals surface area contributed by atoms with E-state index in [2.05, 4.69) is 25.5 Å². The Labute approximate surface area is 128 Å². The molecule has 0 atom stereocenters. The molecule has 0 saturated carbocycles. The third-order valence-electron chi connectivity index (χ3n) is 3.34. The average Bonchev–Trinajstić information content (AvgIpc) is 2.38. The fourth-order valence-electron chi connectivity index (χ4n) is 2.19. The van der Waals surface area contributed by atoms with Crippen LogP contribution in [0.5, 0.6) is 0 Å². The maximum Gasteiger partial charge on any atom is 0.295 e. The monoisotopic (exact) mass is 316 g/mol. The summed E-state index contributed by atoms with van der Waals surface area (Å²) in [5, 5.41) is 0. The van der Waals surface area contributed by atoms with Gasteiger partial charge in [0.1, 0.15) is 4.90 Å². The molecule has 0 aromatic heterocycles. The summed E-state index contributed by atoms with van der Waals surface area (Å²) in [4.78, 5) is 0.0990. The molecule has 0 heterocycles. The van der Waals surface area contributed by atoms with Crippen LogP contribution in [0.4, 0.5) is 0 Å². The molecule has 0 unspecified atom stereocenters. The molecule has 0 aliphatic rings. The van der Waals surface area contributed by atoms with E-state index in [1.165, 1.54) is 0 Å². The van der Waals surface area contributed by atoms with E-state index in [1.54, 1.807) is 0 Å². The minimum atomic E-state index is -4.20. The van der Waals surface area contributed by atoms with E-state index >= 15 is 0 Å². The summed E-state index contributed by atoms with van der Waals surface area (Å²) < 4.78 is 33.0. The van der Waals surface area contributed by atoms with Gasteiger partial charge in [0, 0.05) is 0 Å². The standard InChI is InChI=1S/C15H24O3S.H4N2/c1-9(2)12-7-13(10(3)4)15(19(16,17)18)14(8-12)11(5)6;1-2/h7-11H,1-6H3,(H,16,17,18);1-2H2. The van der Waals surface area contributed by atoms with Crippen LogP contribution < -0.4 is 11.7 Å². The van der Waals surface area contributed by atoms with Gasteiger partial charge in [-0.05, 0) is 34.4 Å². The Morgan fingerprint density at radius 1 is 0.857 bits per heavy atom. The van der Waals surface area contributed by atoms with Crippen LogP contribution in [-0.4, -0.2) is 13.0 Å². The predicted molar refractivity (Wildman–Crippen MR) is 86.9 cm³/mol. The molecule has 0 amide bonds. The lowest BCUT2D eigenvalue weighted by molar-refractivity contribution is 0.479. The molecule has 5 nitrogen and oxygen atoms in total. The summed E-state index contributed by atoms with van der Waals surface area (Å²) in [5.74, 6) is 8.42. The average molecular weight is 316 g/mol. The Hall–Kier alpha value is -0.950. The first-order chi connectivity index (χ1) is 9.55. The highest BCUT2D eigenvalue weighted by atomic mass is 32.2. The van der Waals surface area contributed by atoms with E-state index in [0.717, 1.165) is 5.56 Å². The molecular formula is C15H28N2O3S. The Bertz CT molecular complexity index is 535. The number of hydrogen-bond donors (Lipinski definition) is 3. The van der Waals surface area contributed by atoms with Crippen molar-refractivity contribution in [3.8, 4) is 0 Å². The van der Waals surface area contributed by atoms with Gasteiger partial charge in [-0.2, -0.15) is 8.42 Å². The fraction of sp³-hybridized carbons (Fsp3) is 0.600. The third kappa shape index (κ3) is 5.07. The number of nitrogens with two attached hydrogens (primary N) is 2. The molecule has 0 fully saturated rings. The van der Waals surface area contributed by atoms with Crippen LogP contribution in [0.3, 0.4) is 0 Å². The lowest BCUT2D eigenvalue weighted by atomic mass is 9.89. The minimum absolute atomic E-state index is 0.0492. The zero-order valence-corrected chi connectivity index (χ0v) is 14.5. The number of hydrogen-bond acceptors (Lipinski definition) is 4. The zero-order valence-electron chi connectivity index (χ0n) is 13.7. The Morgan fingerprint density at radius 2 is 1.19 bits per heavy atom. The van der Waals surface area contributed by atoms with Crippen molar-refractivity contribution < 1.29 is 13.0 Å². The molecular weight excluding hydrogens is 288 g/mol. The highest BCUT2D eigenvalue weighted by molar-refractivity contribution is 7.86. The largest absolute Gasteiger partial charge is 0.295 e. The van der Waals surface area contributed by atoms with Gasteiger partial charge in [0.05, 0.1) is 0 Å².